The monoisotopic (exact) mass is 356 g/mol. The molecular weight excluding hydrogens is 339 g/mol. The van der Waals surface area contributed by atoms with E-state index in [9.17, 15) is 0 Å². The van der Waals surface area contributed by atoms with Crippen molar-refractivity contribution >= 4 is 46.2 Å². The summed E-state index contributed by atoms with van der Waals surface area (Å²) in [4.78, 5) is 0. The number of nitrogens with zero attached hydrogens (tertiary/aromatic N) is 2. The first-order valence-electron chi connectivity index (χ1n) is 6.96. The number of anilines is 1. The van der Waals surface area contributed by atoms with Crippen LogP contribution in [0.4, 0.5) is 5.69 Å². The molecule has 2 aromatic rings. The molecule has 2 rings (SSSR count). The summed E-state index contributed by atoms with van der Waals surface area (Å²) in [7, 11) is 0. The molecule has 118 valence electrons. The fourth-order valence-electron chi connectivity index (χ4n) is 2.19. The maximum atomic E-state index is 5.98. The summed E-state index contributed by atoms with van der Waals surface area (Å²) in [5, 5.41) is 12.4. The van der Waals surface area contributed by atoms with Gasteiger partial charge in [-0.2, -0.15) is 5.10 Å². The summed E-state index contributed by atoms with van der Waals surface area (Å²) in [6, 6.07) is 5.27. The lowest BCUT2D eigenvalue weighted by atomic mass is 10.1. The first-order chi connectivity index (χ1) is 10.4. The van der Waals surface area contributed by atoms with Crippen LogP contribution in [0, 0.1) is 6.92 Å². The van der Waals surface area contributed by atoms with E-state index in [1.54, 1.807) is 18.2 Å². The third-order valence-corrected chi connectivity index (χ3v) is 3.90. The lowest BCUT2D eigenvalue weighted by molar-refractivity contribution is 0.651. The predicted molar refractivity (Wildman–Crippen MR) is 96.9 cm³/mol. The highest BCUT2D eigenvalue weighted by Gasteiger charge is 2.13. The summed E-state index contributed by atoms with van der Waals surface area (Å²) in [6.07, 6.45) is 2.03. The molecule has 0 saturated carbocycles. The maximum Gasteiger partial charge on any atom is 0.171 e. The van der Waals surface area contributed by atoms with Gasteiger partial charge in [-0.15, -0.1) is 0 Å². The van der Waals surface area contributed by atoms with Crippen molar-refractivity contribution in [1.29, 1.82) is 0 Å². The second-order valence-electron chi connectivity index (χ2n) is 5.00. The van der Waals surface area contributed by atoms with Gasteiger partial charge in [-0.3, -0.25) is 4.68 Å². The van der Waals surface area contributed by atoms with Crippen molar-refractivity contribution in [3.8, 4) is 0 Å². The Morgan fingerprint density at radius 3 is 2.50 bits per heavy atom. The van der Waals surface area contributed by atoms with Crippen molar-refractivity contribution in [3.63, 3.8) is 0 Å². The molecule has 0 spiro atoms. The smallest absolute Gasteiger partial charge is 0.171 e. The topological polar surface area (TPSA) is 41.9 Å². The summed E-state index contributed by atoms with van der Waals surface area (Å²) < 4.78 is 1.91. The van der Waals surface area contributed by atoms with Gasteiger partial charge < -0.3 is 10.6 Å². The van der Waals surface area contributed by atoms with Crippen molar-refractivity contribution in [2.24, 2.45) is 0 Å². The van der Waals surface area contributed by atoms with Crippen LogP contribution in [0.2, 0.25) is 10.0 Å². The zero-order chi connectivity index (χ0) is 16.3. The molecule has 0 aliphatic rings. The molecule has 1 heterocycles. The Bertz CT molecular complexity index is 664. The molecule has 4 nitrogen and oxygen atoms in total. The molecule has 1 unspecified atom stereocenters. The molecule has 0 aliphatic carbocycles. The first-order valence-corrected chi connectivity index (χ1v) is 8.13. The molecule has 1 aromatic heterocycles. The molecule has 0 bridgehead atoms. The second kappa shape index (κ2) is 7.31. The van der Waals surface area contributed by atoms with Gasteiger partial charge in [0, 0.05) is 34.0 Å². The average molecular weight is 357 g/mol. The van der Waals surface area contributed by atoms with Gasteiger partial charge in [0.1, 0.15) is 0 Å². The summed E-state index contributed by atoms with van der Waals surface area (Å²) in [5.41, 5.74) is 2.87. The molecule has 2 N–H and O–H groups in total. The van der Waals surface area contributed by atoms with Gasteiger partial charge in [0.25, 0.3) is 0 Å². The van der Waals surface area contributed by atoms with Crippen molar-refractivity contribution in [3.05, 3.63) is 45.7 Å². The summed E-state index contributed by atoms with van der Waals surface area (Å²) in [6.45, 7) is 6.94. The van der Waals surface area contributed by atoms with E-state index in [-0.39, 0.29) is 6.04 Å². The van der Waals surface area contributed by atoms with Gasteiger partial charge in [0.2, 0.25) is 0 Å². The lowest BCUT2D eigenvalue weighted by Crippen LogP contribution is -2.31. The average Bonchev–Trinajstić information content (AvgIpc) is 2.78. The Labute approximate surface area is 145 Å². The SMILES string of the molecule is CCn1cc(C(C)NC(=S)Nc2cc(Cl)cc(Cl)c2)c(C)n1. The number of thiocarbonyl (C=S) groups is 1. The lowest BCUT2D eigenvalue weighted by Gasteiger charge is -2.17. The van der Waals surface area contributed by atoms with Crippen LogP contribution in [0.1, 0.15) is 31.1 Å². The highest BCUT2D eigenvalue weighted by molar-refractivity contribution is 7.80. The van der Waals surface area contributed by atoms with Crippen LogP contribution in [-0.2, 0) is 6.54 Å². The minimum atomic E-state index is 0.0509. The number of halogens is 2. The standard InChI is InChI=1S/C15H18Cl2N4S/c1-4-21-8-14(10(3)20-21)9(2)18-15(22)19-13-6-11(16)5-12(17)7-13/h5-9H,4H2,1-3H3,(H2,18,19,22). The minimum absolute atomic E-state index is 0.0509. The third-order valence-electron chi connectivity index (χ3n) is 3.24. The van der Waals surface area contributed by atoms with Crippen molar-refractivity contribution in [2.75, 3.05) is 5.32 Å². The van der Waals surface area contributed by atoms with E-state index < -0.39 is 0 Å². The van der Waals surface area contributed by atoms with Crippen molar-refractivity contribution < 1.29 is 0 Å². The fourth-order valence-corrected chi connectivity index (χ4v) is 3.01. The van der Waals surface area contributed by atoms with Crippen LogP contribution in [-0.4, -0.2) is 14.9 Å². The number of hydrogen-bond donors (Lipinski definition) is 2. The molecule has 0 radical (unpaired) electrons. The van der Waals surface area contributed by atoms with Crippen molar-refractivity contribution in [2.45, 2.75) is 33.4 Å². The molecule has 22 heavy (non-hydrogen) atoms. The molecule has 0 amide bonds. The minimum Gasteiger partial charge on any atom is -0.356 e. The number of nitrogens with one attached hydrogen (secondary N) is 2. The van der Waals surface area contributed by atoms with Crippen LogP contribution in [0.5, 0.6) is 0 Å². The van der Waals surface area contributed by atoms with E-state index in [1.165, 1.54) is 0 Å². The Morgan fingerprint density at radius 2 is 1.95 bits per heavy atom. The van der Waals surface area contributed by atoms with E-state index >= 15 is 0 Å². The number of hydrogen-bond acceptors (Lipinski definition) is 2. The second-order valence-corrected chi connectivity index (χ2v) is 6.28. The molecule has 0 fully saturated rings. The van der Waals surface area contributed by atoms with Gasteiger partial charge in [0.05, 0.1) is 11.7 Å². The number of aryl methyl sites for hydroxylation is 2. The van der Waals surface area contributed by atoms with Gasteiger partial charge in [0.15, 0.2) is 5.11 Å². The van der Waals surface area contributed by atoms with E-state index in [1.807, 2.05) is 24.7 Å². The largest absolute Gasteiger partial charge is 0.356 e. The molecule has 0 saturated heterocycles. The Hall–Kier alpha value is -1.30. The van der Waals surface area contributed by atoms with E-state index in [0.29, 0.717) is 15.2 Å². The highest BCUT2D eigenvalue weighted by atomic mass is 35.5. The zero-order valence-electron chi connectivity index (χ0n) is 12.7. The van der Waals surface area contributed by atoms with Crippen LogP contribution >= 0.6 is 35.4 Å². The molecular formula is C15H18Cl2N4S. The number of rotatable bonds is 4. The van der Waals surface area contributed by atoms with Crippen LogP contribution in [0.15, 0.2) is 24.4 Å². The van der Waals surface area contributed by atoms with E-state index in [2.05, 4.69) is 22.7 Å². The summed E-state index contributed by atoms with van der Waals surface area (Å²) >= 11 is 17.3. The number of aromatic nitrogens is 2. The van der Waals surface area contributed by atoms with Gasteiger partial charge in [-0.05, 0) is 51.2 Å². The maximum absolute atomic E-state index is 5.98. The Balaban J connectivity index is 2.03. The van der Waals surface area contributed by atoms with Crippen LogP contribution in [0.3, 0.4) is 0 Å². The van der Waals surface area contributed by atoms with Gasteiger partial charge >= 0.3 is 0 Å². The number of benzene rings is 1. The van der Waals surface area contributed by atoms with Crippen molar-refractivity contribution in [1.82, 2.24) is 15.1 Å². The molecule has 1 aromatic carbocycles. The fraction of sp³-hybridized carbons (Fsp3) is 0.333. The van der Waals surface area contributed by atoms with Crippen LogP contribution in [0.25, 0.3) is 0 Å². The summed E-state index contributed by atoms with van der Waals surface area (Å²) in [5.74, 6) is 0. The van der Waals surface area contributed by atoms with E-state index in [4.69, 9.17) is 35.4 Å². The van der Waals surface area contributed by atoms with E-state index in [0.717, 1.165) is 23.5 Å². The Morgan fingerprint density at radius 1 is 1.32 bits per heavy atom. The Kier molecular flexibility index (Phi) is 5.67. The quantitative estimate of drug-likeness (QED) is 0.787. The van der Waals surface area contributed by atoms with Gasteiger partial charge in [-0.25, -0.2) is 0 Å². The molecule has 1 atom stereocenters. The van der Waals surface area contributed by atoms with Crippen LogP contribution < -0.4 is 10.6 Å². The van der Waals surface area contributed by atoms with Gasteiger partial charge in [-0.1, -0.05) is 23.2 Å². The zero-order valence-corrected chi connectivity index (χ0v) is 15.0. The third kappa shape index (κ3) is 4.35. The molecule has 0 aliphatic heterocycles. The molecule has 7 heteroatoms. The highest BCUT2D eigenvalue weighted by Crippen LogP contribution is 2.23. The first kappa shape index (κ1) is 17.1. The normalized spacial score (nSPS) is 12.0. The predicted octanol–water partition coefficient (Wildman–Crippen LogP) is 4.57.